The van der Waals surface area contributed by atoms with Gasteiger partial charge in [0.1, 0.15) is 5.69 Å². The van der Waals surface area contributed by atoms with Crippen molar-refractivity contribution in [3.8, 4) is 0 Å². The van der Waals surface area contributed by atoms with Gasteiger partial charge in [0.05, 0.1) is 11.3 Å². The number of primary amides is 1. The molecule has 7 nitrogen and oxygen atoms in total. The average Bonchev–Trinajstić information content (AvgIpc) is 2.37. The normalized spacial score (nSPS) is 10.1. The Labute approximate surface area is 116 Å². The highest BCUT2D eigenvalue weighted by molar-refractivity contribution is 5.94. The van der Waals surface area contributed by atoms with Gasteiger partial charge in [-0.3, -0.25) is 9.59 Å². The van der Waals surface area contributed by atoms with Gasteiger partial charge in [0.2, 0.25) is 5.91 Å². The SMILES string of the molecule is Cc1nc(C(=O)NCCCCC(N)=O)ccc1C(=O)O. The third-order valence-corrected chi connectivity index (χ3v) is 2.68. The van der Waals surface area contributed by atoms with Crippen molar-refractivity contribution in [2.45, 2.75) is 26.2 Å². The van der Waals surface area contributed by atoms with Crippen molar-refractivity contribution in [3.05, 3.63) is 29.1 Å². The van der Waals surface area contributed by atoms with E-state index in [0.29, 0.717) is 31.5 Å². The lowest BCUT2D eigenvalue weighted by atomic mass is 10.2. The predicted molar refractivity (Wildman–Crippen MR) is 71.3 cm³/mol. The number of rotatable bonds is 7. The fourth-order valence-corrected chi connectivity index (χ4v) is 1.63. The number of amides is 2. The molecule has 0 aliphatic rings. The number of unbranched alkanes of at least 4 members (excludes halogenated alkanes) is 1. The zero-order valence-corrected chi connectivity index (χ0v) is 11.2. The summed E-state index contributed by atoms with van der Waals surface area (Å²) in [6.07, 6.45) is 1.54. The molecule has 0 aliphatic carbocycles. The van der Waals surface area contributed by atoms with E-state index in [1.807, 2.05) is 0 Å². The molecular formula is C13H17N3O4. The third kappa shape index (κ3) is 4.68. The number of aromatic nitrogens is 1. The summed E-state index contributed by atoms with van der Waals surface area (Å²) < 4.78 is 0. The Kier molecular flexibility index (Phi) is 5.64. The number of carbonyl (C=O) groups excluding carboxylic acids is 2. The monoisotopic (exact) mass is 279 g/mol. The number of nitrogens with two attached hydrogens (primary N) is 1. The van der Waals surface area contributed by atoms with Crippen molar-refractivity contribution < 1.29 is 19.5 Å². The second kappa shape index (κ2) is 7.22. The predicted octanol–water partition coefficient (Wildman–Crippen LogP) is 0.474. The maximum atomic E-state index is 11.8. The number of nitrogens with one attached hydrogen (secondary N) is 1. The lowest BCUT2D eigenvalue weighted by Crippen LogP contribution is -2.26. The minimum Gasteiger partial charge on any atom is -0.478 e. The van der Waals surface area contributed by atoms with Crippen molar-refractivity contribution in [1.82, 2.24) is 10.3 Å². The van der Waals surface area contributed by atoms with E-state index in [4.69, 9.17) is 10.8 Å². The van der Waals surface area contributed by atoms with Crippen LogP contribution < -0.4 is 11.1 Å². The number of aryl methyl sites for hydroxylation is 1. The van der Waals surface area contributed by atoms with Gasteiger partial charge in [-0.2, -0.15) is 0 Å². The minimum atomic E-state index is -1.08. The third-order valence-electron chi connectivity index (χ3n) is 2.68. The van der Waals surface area contributed by atoms with E-state index < -0.39 is 5.97 Å². The van der Waals surface area contributed by atoms with Crippen LogP contribution in [-0.2, 0) is 4.79 Å². The van der Waals surface area contributed by atoms with Crippen molar-refractivity contribution >= 4 is 17.8 Å². The summed E-state index contributed by atoms with van der Waals surface area (Å²) in [5.41, 5.74) is 5.53. The second-order valence-corrected chi connectivity index (χ2v) is 4.31. The van der Waals surface area contributed by atoms with Gasteiger partial charge >= 0.3 is 5.97 Å². The largest absolute Gasteiger partial charge is 0.478 e. The molecular weight excluding hydrogens is 262 g/mol. The molecule has 2 amide bonds. The molecule has 0 radical (unpaired) electrons. The summed E-state index contributed by atoms with van der Waals surface area (Å²) in [5.74, 6) is -1.81. The molecule has 0 aliphatic heterocycles. The molecule has 0 bridgehead atoms. The summed E-state index contributed by atoms with van der Waals surface area (Å²) >= 11 is 0. The standard InChI is InChI=1S/C13H17N3O4/c1-8-9(13(19)20)5-6-10(16-8)12(18)15-7-3-2-4-11(14)17/h5-6H,2-4,7H2,1H3,(H2,14,17)(H,15,18)(H,19,20). The second-order valence-electron chi connectivity index (χ2n) is 4.31. The summed E-state index contributed by atoms with van der Waals surface area (Å²) in [5, 5.41) is 11.5. The van der Waals surface area contributed by atoms with Gasteiger partial charge in [-0.1, -0.05) is 0 Å². The van der Waals surface area contributed by atoms with E-state index in [1.165, 1.54) is 19.1 Å². The van der Waals surface area contributed by atoms with Crippen LogP contribution in [0.5, 0.6) is 0 Å². The Morgan fingerprint density at radius 3 is 2.55 bits per heavy atom. The number of pyridine rings is 1. The summed E-state index contributed by atoms with van der Waals surface area (Å²) in [6.45, 7) is 1.95. The highest BCUT2D eigenvalue weighted by Gasteiger charge is 2.12. The first kappa shape index (κ1) is 15.6. The number of hydrogen-bond donors (Lipinski definition) is 3. The lowest BCUT2D eigenvalue weighted by Gasteiger charge is -2.06. The molecule has 0 saturated heterocycles. The van der Waals surface area contributed by atoms with Crippen LogP contribution in [0.2, 0.25) is 0 Å². The minimum absolute atomic E-state index is 0.0722. The van der Waals surface area contributed by atoms with Crippen LogP contribution in [0.3, 0.4) is 0 Å². The Bertz CT molecular complexity index is 528. The van der Waals surface area contributed by atoms with E-state index in [0.717, 1.165) is 0 Å². The van der Waals surface area contributed by atoms with E-state index in [2.05, 4.69) is 10.3 Å². The quantitative estimate of drug-likeness (QED) is 0.626. The first-order valence-electron chi connectivity index (χ1n) is 6.19. The molecule has 0 spiro atoms. The van der Waals surface area contributed by atoms with Crippen LogP contribution in [0, 0.1) is 6.92 Å². The zero-order chi connectivity index (χ0) is 15.1. The Balaban J connectivity index is 2.50. The molecule has 4 N–H and O–H groups in total. The summed E-state index contributed by atoms with van der Waals surface area (Å²) in [6, 6.07) is 2.72. The fourth-order valence-electron chi connectivity index (χ4n) is 1.63. The van der Waals surface area contributed by atoms with Gasteiger partial charge in [-0.15, -0.1) is 0 Å². The topological polar surface area (TPSA) is 122 Å². The molecule has 1 aromatic heterocycles. The van der Waals surface area contributed by atoms with E-state index >= 15 is 0 Å². The first-order chi connectivity index (χ1) is 9.41. The zero-order valence-electron chi connectivity index (χ0n) is 11.2. The van der Waals surface area contributed by atoms with Crippen molar-refractivity contribution in [3.63, 3.8) is 0 Å². The van der Waals surface area contributed by atoms with Gasteiger partial charge in [0.25, 0.3) is 5.91 Å². The number of aromatic carboxylic acids is 1. The molecule has 0 unspecified atom stereocenters. The highest BCUT2D eigenvalue weighted by Crippen LogP contribution is 2.07. The Morgan fingerprint density at radius 2 is 2.00 bits per heavy atom. The molecule has 108 valence electrons. The maximum absolute atomic E-state index is 11.8. The number of carboxylic acids is 1. The highest BCUT2D eigenvalue weighted by atomic mass is 16.4. The Morgan fingerprint density at radius 1 is 1.30 bits per heavy atom. The van der Waals surface area contributed by atoms with Crippen LogP contribution in [0.4, 0.5) is 0 Å². The molecule has 0 fully saturated rings. The van der Waals surface area contributed by atoms with Crippen LogP contribution in [-0.4, -0.2) is 34.4 Å². The summed E-state index contributed by atoms with van der Waals surface area (Å²) in [4.78, 5) is 37.1. The van der Waals surface area contributed by atoms with Gasteiger partial charge in [0.15, 0.2) is 0 Å². The fraction of sp³-hybridized carbons (Fsp3) is 0.385. The molecule has 1 heterocycles. The van der Waals surface area contributed by atoms with Gasteiger partial charge < -0.3 is 16.2 Å². The van der Waals surface area contributed by atoms with Crippen LogP contribution in [0.15, 0.2) is 12.1 Å². The van der Waals surface area contributed by atoms with Crippen molar-refractivity contribution in [1.29, 1.82) is 0 Å². The van der Waals surface area contributed by atoms with E-state index in [9.17, 15) is 14.4 Å². The molecule has 7 heteroatoms. The molecule has 1 rings (SSSR count). The first-order valence-corrected chi connectivity index (χ1v) is 6.19. The molecule has 20 heavy (non-hydrogen) atoms. The molecule has 0 aromatic carbocycles. The molecule has 0 atom stereocenters. The maximum Gasteiger partial charge on any atom is 0.337 e. The van der Waals surface area contributed by atoms with E-state index in [-0.39, 0.29) is 23.1 Å². The number of carbonyl (C=O) groups is 3. The number of nitrogens with zero attached hydrogens (tertiary/aromatic N) is 1. The summed E-state index contributed by atoms with van der Waals surface area (Å²) in [7, 11) is 0. The lowest BCUT2D eigenvalue weighted by molar-refractivity contribution is -0.118. The van der Waals surface area contributed by atoms with Crippen molar-refractivity contribution in [2.75, 3.05) is 6.54 Å². The van der Waals surface area contributed by atoms with Crippen molar-refractivity contribution in [2.24, 2.45) is 5.73 Å². The van der Waals surface area contributed by atoms with Crippen LogP contribution in [0.1, 0.15) is 45.8 Å². The number of carboxylic acid groups (broad SMARTS) is 1. The average molecular weight is 279 g/mol. The van der Waals surface area contributed by atoms with E-state index in [1.54, 1.807) is 0 Å². The van der Waals surface area contributed by atoms with Gasteiger partial charge in [0, 0.05) is 13.0 Å². The van der Waals surface area contributed by atoms with Crippen LogP contribution in [0.25, 0.3) is 0 Å². The number of hydrogen-bond acceptors (Lipinski definition) is 4. The van der Waals surface area contributed by atoms with Crippen LogP contribution >= 0.6 is 0 Å². The molecule has 1 aromatic rings. The smallest absolute Gasteiger partial charge is 0.337 e. The van der Waals surface area contributed by atoms with Gasteiger partial charge in [-0.25, -0.2) is 9.78 Å². The Hall–Kier alpha value is -2.44. The van der Waals surface area contributed by atoms with Gasteiger partial charge in [-0.05, 0) is 31.9 Å². The molecule has 0 saturated carbocycles.